The van der Waals surface area contributed by atoms with Crippen LogP contribution in [0.15, 0.2) is 48.0 Å². The Bertz CT molecular complexity index is 800. The summed E-state index contributed by atoms with van der Waals surface area (Å²) in [7, 11) is 0. The normalized spacial score (nSPS) is 16.1. The summed E-state index contributed by atoms with van der Waals surface area (Å²) in [4.78, 5) is 24.8. The zero-order valence-corrected chi connectivity index (χ0v) is 13.4. The van der Waals surface area contributed by atoms with Gasteiger partial charge < -0.3 is 0 Å². The van der Waals surface area contributed by atoms with Crippen LogP contribution >= 0.6 is 0 Å². The number of nitrogens with one attached hydrogen (secondary N) is 1. The van der Waals surface area contributed by atoms with Crippen LogP contribution in [-0.4, -0.2) is 11.8 Å². The fourth-order valence-corrected chi connectivity index (χ4v) is 2.88. The van der Waals surface area contributed by atoms with Crippen molar-refractivity contribution in [2.45, 2.75) is 20.8 Å². The van der Waals surface area contributed by atoms with Crippen LogP contribution in [0.2, 0.25) is 0 Å². The number of rotatable bonds is 2. The molecule has 1 heterocycles. The summed E-state index contributed by atoms with van der Waals surface area (Å²) < 4.78 is 0. The predicted molar refractivity (Wildman–Crippen MR) is 90.7 cm³/mol. The molecule has 116 valence electrons. The molecule has 1 fully saturated rings. The van der Waals surface area contributed by atoms with Crippen molar-refractivity contribution in [3.63, 3.8) is 0 Å². The maximum Gasteiger partial charge on any atom is 0.282 e. The average Bonchev–Trinajstić information content (AvgIpc) is 2.79. The third-order valence-electron chi connectivity index (χ3n) is 3.93. The minimum atomic E-state index is -0.377. The van der Waals surface area contributed by atoms with Gasteiger partial charge in [-0.3, -0.25) is 15.0 Å². The van der Waals surface area contributed by atoms with Crippen LogP contribution in [0.4, 0.5) is 5.69 Å². The van der Waals surface area contributed by atoms with Gasteiger partial charge in [-0.05, 0) is 55.7 Å². The van der Waals surface area contributed by atoms with Crippen LogP contribution in [0.5, 0.6) is 0 Å². The van der Waals surface area contributed by atoms with E-state index in [4.69, 9.17) is 0 Å². The largest absolute Gasteiger partial charge is 0.282 e. The van der Waals surface area contributed by atoms with Gasteiger partial charge >= 0.3 is 0 Å². The summed E-state index contributed by atoms with van der Waals surface area (Å²) >= 11 is 0. The van der Waals surface area contributed by atoms with Crippen molar-refractivity contribution in [2.24, 2.45) is 0 Å². The molecule has 2 aromatic rings. The molecular weight excluding hydrogens is 288 g/mol. The van der Waals surface area contributed by atoms with Crippen LogP contribution in [0.25, 0.3) is 6.08 Å². The molecule has 3 rings (SSSR count). The van der Waals surface area contributed by atoms with E-state index in [-0.39, 0.29) is 17.4 Å². The molecule has 0 atom stereocenters. The van der Waals surface area contributed by atoms with Gasteiger partial charge in [-0.25, -0.2) is 5.01 Å². The molecule has 0 unspecified atom stereocenters. The van der Waals surface area contributed by atoms with E-state index in [0.717, 1.165) is 22.3 Å². The van der Waals surface area contributed by atoms with Gasteiger partial charge in [-0.15, -0.1) is 0 Å². The van der Waals surface area contributed by atoms with Crippen LogP contribution in [0.1, 0.15) is 22.3 Å². The predicted octanol–water partition coefficient (Wildman–Crippen LogP) is 3.07. The van der Waals surface area contributed by atoms with Gasteiger partial charge in [0.1, 0.15) is 5.57 Å². The first-order valence-electron chi connectivity index (χ1n) is 7.47. The number of carbonyl (C=O) groups is 2. The fraction of sp³-hybridized carbons (Fsp3) is 0.158. The van der Waals surface area contributed by atoms with Crippen molar-refractivity contribution in [1.29, 1.82) is 0 Å². The molecule has 1 saturated heterocycles. The van der Waals surface area contributed by atoms with Crippen LogP contribution in [0.3, 0.4) is 0 Å². The van der Waals surface area contributed by atoms with Crippen molar-refractivity contribution < 1.29 is 9.59 Å². The number of aryl methyl sites for hydroxylation is 3. The lowest BCUT2D eigenvalue weighted by Crippen LogP contribution is -2.35. The van der Waals surface area contributed by atoms with Gasteiger partial charge in [0.05, 0.1) is 5.69 Å². The number of nitrogens with zero attached hydrogens (tertiary/aromatic N) is 1. The number of amides is 2. The summed E-state index contributed by atoms with van der Waals surface area (Å²) in [6, 6.07) is 13.2. The number of benzene rings is 2. The minimum absolute atomic E-state index is 0.156. The quantitative estimate of drug-likeness (QED) is 0.685. The Morgan fingerprint density at radius 3 is 2.17 bits per heavy atom. The number of anilines is 1. The van der Waals surface area contributed by atoms with E-state index >= 15 is 0 Å². The molecule has 0 saturated carbocycles. The lowest BCUT2D eigenvalue weighted by molar-refractivity contribution is -0.117. The second-order valence-electron chi connectivity index (χ2n) is 5.79. The van der Waals surface area contributed by atoms with Gasteiger partial charge in [0.2, 0.25) is 0 Å². The SMILES string of the molecule is Cc1cc(C)c(C=C2C(=O)NN(c3ccccc3)C2=O)c(C)c1. The standard InChI is InChI=1S/C19H18N2O2/c1-12-9-13(2)16(14(3)10-12)11-17-18(22)20-21(19(17)23)15-7-5-4-6-8-15/h4-11H,1-3H3,(H,20,22). The fourth-order valence-electron chi connectivity index (χ4n) is 2.88. The van der Waals surface area contributed by atoms with Crippen LogP contribution in [0, 0.1) is 20.8 Å². The van der Waals surface area contributed by atoms with Crippen molar-refractivity contribution in [2.75, 3.05) is 5.01 Å². The second kappa shape index (κ2) is 5.72. The zero-order valence-electron chi connectivity index (χ0n) is 13.4. The maximum absolute atomic E-state index is 12.6. The van der Waals surface area contributed by atoms with Gasteiger partial charge in [0, 0.05) is 0 Å². The summed E-state index contributed by atoms with van der Waals surface area (Å²) in [5, 5.41) is 1.28. The highest BCUT2D eigenvalue weighted by Crippen LogP contribution is 2.24. The number of hydrogen-bond donors (Lipinski definition) is 1. The van der Waals surface area contributed by atoms with Crippen molar-refractivity contribution >= 4 is 23.6 Å². The average molecular weight is 306 g/mol. The Morgan fingerprint density at radius 1 is 0.957 bits per heavy atom. The summed E-state index contributed by atoms with van der Waals surface area (Å²) in [5.41, 5.74) is 7.60. The summed E-state index contributed by atoms with van der Waals surface area (Å²) in [6.45, 7) is 6.00. The molecule has 0 aromatic heterocycles. The molecule has 0 bridgehead atoms. The van der Waals surface area contributed by atoms with E-state index in [1.54, 1.807) is 18.2 Å². The van der Waals surface area contributed by atoms with Gasteiger partial charge in [-0.2, -0.15) is 0 Å². The zero-order chi connectivity index (χ0) is 16.6. The van der Waals surface area contributed by atoms with E-state index in [0.29, 0.717) is 5.69 Å². The first-order chi connectivity index (χ1) is 11.0. The molecule has 2 aromatic carbocycles. The molecule has 23 heavy (non-hydrogen) atoms. The van der Waals surface area contributed by atoms with Gasteiger partial charge in [0.25, 0.3) is 11.8 Å². The number of carbonyl (C=O) groups excluding carboxylic acids is 2. The van der Waals surface area contributed by atoms with E-state index in [1.807, 2.05) is 51.1 Å². The molecule has 1 aliphatic heterocycles. The molecule has 0 spiro atoms. The Balaban J connectivity index is 2.01. The number of hydrazine groups is 1. The molecule has 2 amide bonds. The second-order valence-corrected chi connectivity index (χ2v) is 5.79. The van der Waals surface area contributed by atoms with Crippen LogP contribution in [-0.2, 0) is 9.59 Å². The molecule has 1 N–H and O–H groups in total. The lowest BCUT2D eigenvalue weighted by Gasteiger charge is -2.14. The highest BCUT2D eigenvalue weighted by molar-refractivity contribution is 6.31. The Labute approximate surface area is 135 Å². The molecule has 1 aliphatic rings. The topological polar surface area (TPSA) is 49.4 Å². The van der Waals surface area contributed by atoms with Crippen molar-refractivity contribution in [3.05, 3.63) is 70.3 Å². The number of para-hydroxylation sites is 1. The third kappa shape index (κ3) is 2.75. The van der Waals surface area contributed by atoms with Gasteiger partial charge in [-0.1, -0.05) is 35.9 Å². The monoisotopic (exact) mass is 306 g/mol. The highest BCUT2D eigenvalue weighted by Gasteiger charge is 2.34. The smallest absolute Gasteiger partial charge is 0.267 e. The molecule has 4 heteroatoms. The lowest BCUT2D eigenvalue weighted by atomic mass is 9.97. The first kappa shape index (κ1) is 15.0. The molecule has 0 aliphatic carbocycles. The first-order valence-corrected chi connectivity index (χ1v) is 7.47. The molecule has 4 nitrogen and oxygen atoms in total. The molecule has 0 radical (unpaired) electrons. The summed E-state index contributed by atoms with van der Waals surface area (Å²) in [6.07, 6.45) is 1.69. The molecular formula is C19H18N2O2. The van der Waals surface area contributed by atoms with E-state index in [2.05, 4.69) is 5.43 Å². The number of hydrogen-bond acceptors (Lipinski definition) is 2. The van der Waals surface area contributed by atoms with Crippen molar-refractivity contribution in [3.8, 4) is 0 Å². The Hall–Kier alpha value is -2.88. The van der Waals surface area contributed by atoms with Crippen LogP contribution < -0.4 is 10.4 Å². The third-order valence-corrected chi connectivity index (χ3v) is 3.93. The van der Waals surface area contributed by atoms with Gasteiger partial charge in [0.15, 0.2) is 0 Å². The summed E-state index contributed by atoms with van der Waals surface area (Å²) in [5.74, 6) is -0.709. The minimum Gasteiger partial charge on any atom is -0.267 e. The Kier molecular flexibility index (Phi) is 3.74. The maximum atomic E-state index is 12.6. The highest BCUT2D eigenvalue weighted by atomic mass is 16.2. The van der Waals surface area contributed by atoms with E-state index in [9.17, 15) is 9.59 Å². The Morgan fingerprint density at radius 2 is 1.57 bits per heavy atom. The van der Waals surface area contributed by atoms with E-state index < -0.39 is 0 Å². The van der Waals surface area contributed by atoms with E-state index in [1.165, 1.54) is 5.01 Å². The van der Waals surface area contributed by atoms with Crippen molar-refractivity contribution in [1.82, 2.24) is 5.43 Å².